The number of hydrogen-bond donors (Lipinski definition) is 1. The first kappa shape index (κ1) is 12.0. The van der Waals surface area contributed by atoms with Gasteiger partial charge in [-0.3, -0.25) is 0 Å². The van der Waals surface area contributed by atoms with Crippen LogP contribution < -0.4 is 5.32 Å². The Morgan fingerprint density at radius 3 is 2.50 bits per heavy atom. The van der Waals surface area contributed by atoms with E-state index in [1.54, 1.807) is 0 Å². The average Bonchev–Trinajstić information content (AvgIpc) is 2.14. The Bertz CT molecular complexity index is 159. The Morgan fingerprint density at radius 2 is 2.07 bits per heavy atom. The van der Waals surface area contributed by atoms with E-state index in [0.717, 1.165) is 26.4 Å². The molecule has 14 heavy (non-hydrogen) atoms. The molecule has 1 rings (SSSR count). The highest BCUT2D eigenvalue weighted by Crippen LogP contribution is 2.24. The van der Waals surface area contributed by atoms with Crippen molar-refractivity contribution in [3.8, 4) is 0 Å². The van der Waals surface area contributed by atoms with E-state index in [0.29, 0.717) is 6.04 Å². The molecule has 2 atom stereocenters. The van der Waals surface area contributed by atoms with Crippen LogP contribution in [0.5, 0.6) is 0 Å². The molecule has 0 radical (unpaired) electrons. The van der Waals surface area contributed by atoms with Crippen molar-refractivity contribution in [2.45, 2.75) is 39.8 Å². The van der Waals surface area contributed by atoms with Crippen LogP contribution in [0.4, 0.5) is 0 Å². The third-order valence-corrected chi connectivity index (χ3v) is 2.57. The Morgan fingerprint density at radius 1 is 1.36 bits per heavy atom. The van der Waals surface area contributed by atoms with Gasteiger partial charge in [0, 0.05) is 6.04 Å². The van der Waals surface area contributed by atoms with Crippen LogP contribution in [0, 0.1) is 5.41 Å². The van der Waals surface area contributed by atoms with E-state index in [1.165, 1.54) is 0 Å². The predicted octanol–water partition coefficient (Wildman–Crippen LogP) is 1.43. The van der Waals surface area contributed by atoms with Crippen LogP contribution in [-0.2, 0) is 9.47 Å². The second-order valence-corrected chi connectivity index (χ2v) is 4.89. The van der Waals surface area contributed by atoms with E-state index in [2.05, 4.69) is 33.0 Å². The minimum atomic E-state index is 0.198. The van der Waals surface area contributed by atoms with E-state index in [-0.39, 0.29) is 11.5 Å². The molecule has 0 spiro atoms. The second-order valence-electron chi connectivity index (χ2n) is 4.89. The van der Waals surface area contributed by atoms with Crippen molar-refractivity contribution in [1.82, 2.24) is 5.32 Å². The highest BCUT2D eigenvalue weighted by Gasteiger charge is 2.33. The summed E-state index contributed by atoms with van der Waals surface area (Å²) in [5.74, 6) is 0. The van der Waals surface area contributed by atoms with Gasteiger partial charge in [0.25, 0.3) is 0 Å². The average molecular weight is 201 g/mol. The number of likely N-dealkylation sites (N-methyl/N-ethyl adjacent to an activating group) is 1. The molecule has 2 unspecified atom stereocenters. The Balaban J connectivity index is 2.56. The zero-order valence-corrected chi connectivity index (χ0v) is 9.80. The molecule has 0 saturated carbocycles. The third kappa shape index (κ3) is 3.23. The third-order valence-electron chi connectivity index (χ3n) is 2.57. The van der Waals surface area contributed by atoms with E-state index in [1.807, 2.05) is 0 Å². The van der Waals surface area contributed by atoms with Crippen molar-refractivity contribution in [3.05, 3.63) is 0 Å². The topological polar surface area (TPSA) is 30.5 Å². The summed E-state index contributed by atoms with van der Waals surface area (Å²) < 4.78 is 11.2. The van der Waals surface area contributed by atoms with Crippen LogP contribution in [0.1, 0.15) is 27.7 Å². The monoisotopic (exact) mass is 201 g/mol. The van der Waals surface area contributed by atoms with Gasteiger partial charge in [-0.1, -0.05) is 27.7 Å². The predicted molar refractivity (Wildman–Crippen MR) is 57.5 cm³/mol. The van der Waals surface area contributed by atoms with Gasteiger partial charge in [-0.05, 0) is 12.0 Å². The van der Waals surface area contributed by atoms with Crippen molar-refractivity contribution < 1.29 is 9.47 Å². The molecule has 3 nitrogen and oxygen atoms in total. The zero-order chi connectivity index (χ0) is 10.6. The lowest BCUT2D eigenvalue weighted by Crippen LogP contribution is -2.53. The zero-order valence-electron chi connectivity index (χ0n) is 9.80. The SMILES string of the molecule is CCNC(C1COCCO1)C(C)(C)C. The molecule has 1 fully saturated rings. The summed E-state index contributed by atoms with van der Waals surface area (Å²) in [6.07, 6.45) is 0.198. The van der Waals surface area contributed by atoms with Gasteiger partial charge in [0.15, 0.2) is 0 Å². The molecule has 1 N–H and O–H groups in total. The smallest absolute Gasteiger partial charge is 0.0967 e. The number of rotatable bonds is 3. The summed E-state index contributed by atoms with van der Waals surface area (Å²) in [6, 6.07) is 0.368. The van der Waals surface area contributed by atoms with Crippen LogP contribution in [-0.4, -0.2) is 38.5 Å². The van der Waals surface area contributed by atoms with Crippen LogP contribution in [0.2, 0.25) is 0 Å². The molecule has 0 aromatic rings. The van der Waals surface area contributed by atoms with Gasteiger partial charge in [0.2, 0.25) is 0 Å². The Hall–Kier alpha value is -0.120. The van der Waals surface area contributed by atoms with Crippen LogP contribution in [0.15, 0.2) is 0 Å². The van der Waals surface area contributed by atoms with Crippen molar-refractivity contribution in [1.29, 1.82) is 0 Å². The lowest BCUT2D eigenvalue weighted by atomic mass is 9.83. The van der Waals surface area contributed by atoms with E-state index in [9.17, 15) is 0 Å². The summed E-state index contributed by atoms with van der Waals surface area (Å²) in [4.78, 5) is 0. The molecule has 3 heteroatoms. The quantitative estimate of drug-likeness (QED) is 0.749. The molecular weight excluding hydrogens is 178 g/mol. The molecule has 1 aliphatic rings. The molecule has 84 valence electrons. The fraction of sp³-hybridized carbons (Fsp3) is 1.00. The molecule has 1 heterocycles. The van der Waals surface area contributed by atoms with E-state index in [4.69, 9.17) is 9.47 Å². The van der Waals surface area contributed by atoms with Crippen molar-refractivity contribution in [2.24, 2.45) is 5.41 Å². The molecule has 0 aliphatic carbocycles. The number of hydrogen-bond acceptors (Lipinski definition) is 3. The van der Waals surface area contributed by atoms with Crippen LogP contribution in [0.3, 0.4) is 0 Å². The molecule has 0 bridgehead atoms. The minimum Gasteiger partial charge on any atom is -0.376 e. The summed E-state index contributed by atoms with van der Waals surface area (Å²) in [5, 5.41) is 3.49. The largest absolute Gasteiger partial charge is 0.376 e. The summed E-state index contributed by atoms with van der Waals surface area (Å²) >= 11 is 0. The Labute approximate surface area is 87.2 Å². The maximum atomic E-state index is 5.73. The first-order valence-electron chi connectivity index (χ1n) is 5.48. The molecule has 1 aliphatic heterocycles. The van der Waals surface area contributed by atoms with E-state index >= 15 is 0 Å². The summed E-state index contributed by atoms with van der Waals surface area (Å²) in [7, 11) is 0. The molecule has 0 aromatic carbocycles. The van der Waals surface area contributed by atoms with Gasteiger partial charge in [-0.25, -0.2) is 0 Å². The lowest BCUT2D eigenvalue weighted by Gasteiger charge is -2.39. The van der Waals surface area contributed by atoms with Crippen molar-refractivity contribution in [3.63, 3.8) is 0 Å². The highest BCUT2D eigenvalue weighted by molar-refractivity contribution is 4.88. The van der Waals surface area contributed by atoms with Gasteiger partial charge in [0.05, 0.1) is 25.9 Å². The lowest BCUT2D eigenvalue weighted by molar-refractivity contribution is -0.114. The van der Waals surface area contributed by atoms with Crippen LogP contribution >= 0.6 is 0 Å². The van der Waals surface area contributed by atoms with Gasteiger partial charge in [0.1, 0.15) is 0 Å². The van der Waals surface area contributed by atoms with Gasteiger partial charge in [-0.2, -0.15) is 0 Å². The number of nitrogens with one attached hydrogen (secondary N) is 1. The van der Waals surface area contributed by atoms with Gasteiger partial charge < -0.3 is 14.8 Å². The summed E-state index contributed by atoms with van der Waals surface area (Å²) in [6.45, 7) is 12.0. The van der Waals surface area contributed by atoms with Crippen molar-refractivity contribution in [2.75, 3.05) is 26.4 Å². The normalized spacial score (nSPS) is 26.1. The fourth-order valence-corrected chi connectivity index (χ4v) is 1.91. The molecule has 0 amide bonds. The van der Waals surface area contributed by atoms with Gasteiger partial charge >= 0.3 is 0 Å². The highest BCUT2D eigenvalue weighted by atomic mass is 16.6. The minimum absolute atomic E-state index is 0.198. The second kappa shape index (κ2) is 5.10. The standard InChI is InChI=1S/C11H23NO2/c1-5-12-10(11(2,3)4)9-8-13-6-7-14-9/h9-10,12H,5-8H2,1-4H3. The number of ether oxygens (including phenoxy) is 2. The van der Waals surface area contributed by atoms with Gasteiger partial charge in [-0.15, -0.1) is 0 Å². The van der Waals surface area contributed by atoms with Crippen molar-refractivity contribution >= 4 is 0 Å². The Kier molecular flexibility index (Phi) is 4.35. The van der Waals surface area contributed by atoms with E-state index < -0.39 is 0 Å². The molecule has 1 saturated heterocycles. The maximum absolute atomic E-state index is 5.73. The van der Waals surface area contributed by atoms with Crippen LogP contribution in [0.25, 0.3) is 0 Å². The molecule has 0 aromatic heterocycles. The summed E-state index contributed by atoms with van der Waals surface area (Å²) in [5.41, 5.74) is 0.210. The first-order valence-corrected chi connectivity index (χ1v) is 5.48. The maximum Gasteiger partial charge on any atom is 0.0967 e. The molecular formula is C11H23NO2. The first-order chi connectivity index (χ1) is 6.55. The fourth-order valence-electron chi connectivity index (χ4n) is 1.91.